The van der Waals surface area contributed by atoms with E-state index in [4.69, 9.17) is 21.1 Å². The molecule has 0 bridgehead atoms. The Kier molecular flexibility index (Phi) is 2.09. The second-order valence-electron chi connectivity index (χ2n) is 3.50. The number of hydrogen-bond donors (Lipinski definition) is 0. The third-order valence-electron chi connectivity index (χ3n) is 2.44. The van der Waals surface area contributed by atoms with Crippen LogP contribution in [0.1, 0.15) is 16.6 Å². The van der Waals surface area contributed by atoms with Crippen molar-refractivity contribution in [1.82, 2.24) is 0 Å². The Balaban J connectivity index is 2.32. The van der Waals surface area contributed by atoms with Crippen molar-refractivity contribution in [2.24, 2.45) is 0 Å². The molecule has 0 fully saturated rings. The molecule has 3 rings (SSSR count). The minimum atomic E-state index is -0.0202. The van der Waals surface area contributed by atoms with Crippen LogP contribution >= 0.6 is 22.9 Å². The molecular formula is C11H7ClO3S. The lowest BCUT2D eigenvalue weighted by molar-refractivity contribution is 0.102. The molecule has 0 spiro atoms. The van der Waals surface area contributed by atoms with Crippen LogP contribution in [0.4, 0.5) is 0 Å². The van der Waals surface area contributed by atoms with Gasteiger partial charge in [0.2, 0.25) is 6.79 Å². The molecule has 0 unspecified atom stereocenters. The molecule has 0 N–H and O–H groups in total. The molecule has 0 saturated carbocycles. The van der Waals surface area contributed by atoms with Crippen LogP contribution in [0.5, 0.6) is 11.5 Å². The molecule has 1 aromatic heterocycles. The topological polar surface area (TPSA) is 35.5 Å². The number of rotatable bonds is 1. The zero-order valence-electron chi connectivity index (χ0n) is 8.37. The highest BCUT2D eigenvalue weighted by molar-refractivity contribution is 7.21. The van der Waals surface area contributed by atoms with Crippen LogP contribution in [0.25, 0.3) is 10.1 Å². The van der Waals surface area contributed by atoms with Gasteiger partial charge < -0.3 is 9.47 Å². The molecule has 0 atom stereocenters. The first kappa shape index (κ1) is 9.93. The number of ketones is 1. The fourth-order valence-corrected chi connectivity index (χ4v) is 3.14. The Hall–Kier alpha value is -1.26. The first-order valence-electron chi connectivity index (χ1n) is 4.69. The number of carbonyl (C=O) groups is 1. The zero-order chi connectivity index (χ0) is 11.3. The van der Waals surface area contributed by atoms with Crippen LogP contribution in [-0.2, 0) is 0 Å². The predicted octanol–water partition coefficient (Wildman–Crippen LogP) is 3.49. The van der Waals surface area contributed by atoms with Crippen molar-refractivity contribution in [3.8, 4) is 11.5 Å². The quantitative estimate of drug-likeness (QED) is 0.731. The van der Waals surface area contributed by atoms with Gasteiger partial charge in [-0.1, -0.05) is 11.6 Å². The number of Topliss-reactive ketones (excluding diaryl/α,β-unsaturated/α-hetero) is 1. The van der Waals surface area contributed by atoms with Crippen LogP contribution in [0, 0.1) is 0 Å². The molecule has 16 heavy (non-hydrogen) atoms. The van der Waals surface area contributed by atoms with Gasteiger partial charge in [-0.25, -0.2) is 0 Å². The molecule has 3 nitrogen and oxygen atoms in total. The molecule has 82 valence electrons. The van der Waals surface area contributed by atoms with Gasteiger partial charge in [-0.15, -0.1) is 11.3 Å². The molecule has 0 aliphatic carbocycles. The molecule has 2 aromatic rings. The van der Waals surface area contributed by atoms with Gasteiger partial charge in [-0.2, -0.15) is 0 Å². The van der Waals surface area contributed by atoms with Crippen LogP contribution < -0.4 is 9.47 Å². The van der Waals surface area contributed by atoms with Crippen molar-refractivity contribution in [2.45, 2.75) is 6.92 Å². The van der Waals surface area contributed by atoms with Gasteiger partial charge in [0, 0.05) is 23.1 Å². The monoisotopic (exact) mass is 254 g/mol. The lowest BCUT2D eigenvalue weighted by Gasteiger charge is -1.95. The van der Waals surface area contributed by atoms with Gasteiger partial charge in [-0.3, -0.25) is 4.79 Å². The maximum Gasteiger partial charge on any atom is 0.231 e. The van der Waals surface area contributed by atoms with E-state index in [0.29, 0.717) is 21.4 Å². The first-order chi connectivity index (χ1) is 7.66. The lowest BCUT2D eigenvalue weighted by atomic mass is 10.2. The van der Waals surface area contributed by atoms with Gasteiger partial charge in [-0.05, 0) is 6.07 Å². The van der Waals surface area contributed by atoms with E-state index in [2.05, 4.69) is 0 Å². The van der Waals surface area contributed by atoms with Crippen molar-refractivity contribution in [3.05, 3.63) is 22.0 Å². The lowest BCUT2D eigenvalue weighted by Crippen LogP contribution is -1.92. The highest BCUT2D eigenvalue weighted by Gasteiger charge is 2.20. The molecule has 0 amide bonds. The van der Waals surface area contributed by atoms with E-state index in [1.807, 2.05) is 12.1 Å². The van der Waals surface area contributed by atoms with Crippen molar-refractivity contribution in [3.63, 3.8) is 0 Å². The number of halogens is 1. The third-order valence-corrected chi connectivity index (χ3v) is 4.20. The molecule has 0 saturated heterocycles. The maximum absolute atomic E-state index is 11.4. The van der Waals surface area contributed by atoms with Crippen molar-refractivity contribution in [2.75, 3.05) is 6.79 Å². The standard InChI is InChI=1S/C11H7ClO3S/c1-5(13)11-10(12)6-2-7-8(15-4-14-7)3-9(6)16-11/h2-3H,4H2,1H3. The highest BCUT2D eigenvalue weighted by Crippen LogP contribution is 2.43. The van der Waals surface area contributed by atoms with Gasteiger partial charge in [0.25, 0.3) is 0 Å². The summed E-state index contributed by atoms with van der Waals surface area (Å²) in [7, 11) is 0. The van der Waals surface area contributed by atoms with E-state index in [-0.39, 0.29) is 12.6 Å². The average molecular weight is 255 g/mol. The molecule has 1 aliphatic rings. The minimum Gasteiger partial charge on any atom is -0.454 e. The van der Waals surface area contributed by atoms with Crippen LogP contribution in [0.3, 0.4) is 0 Å². The smallest absolute Gasteiger partial charge is 0.231 e. The van der Waals surface area contributed by atoms with E-state index < -0.39 is 0 Å². The van der Waals surface area contributed by atoms with E-state index in [1.54, 1.807) is 0 Å². The molecule has 5 heteroatoms. The van der Waals surface area contributed by atoms with E-state index in [9.17, 15) is 4.79 Å². The summed E-state index contributed by atoms with van der Waals surface area (Å²) < 4.78 is 11.5. The van der Waals surface area contributed by atoms with Gasteiger partial charge >= 0.3 is 0 Å². The van der Waals surface area contributed by atoms with Gasteiger partial charge in [0.05, 0.1) is 9.90 Å². The van der Waals surface area contributed by atoms with Crippen molar-refractivity contribution in [1.29, 1.82) is 0 Å². The summed E-state index contributed by atoms with van der Waals surface area (Å²) in [4.78, 5) is 11.9. The van der Waals surface area contributed by atoms with Crippen LogP contribution in [-0.4, -0.2) is 12.6 Å². The Labute approximate surface area is 101 Å². The number of hydrogen-bond acceptors (Lipinski definition) is 4. The normalized spacial score (nSPS) is 13.4. The van der Waals surface area contributed by atoms with Crippen molar-refractivity contribution < 1.29 is 14.3 Å². The predicted molar refractivity (Wildman–Crippen MR) is 63.0 cm³/mol. The summed E-state index contributed by atoms with van der Waals surface area (Å²) in [6.45, 7) is 1.75. The summed E-state index contributed by atoms with van der Waals surface area (Å²) in [6.07, 6.45) is 0. The molecule has 1 aliphatic heterocycles. The Bertz CT molecular complexity index is 603. The zero-order valence-corrected chi connectivity index (χ0v) is 9.95. The molecule has 2 heterocycles. The largest absolute Gasteiger partial charge is 0.454 e. The average Bonchev–Trinajstić information content (AvgIpc) is 2.80. The first-order valence-corrected chi connectivity index (χ1v) is 5.89. The number of fused-ring (bicyclic) bond motifs is 2. The Morgan fingerprint density at radius 1 is 1.38 bits per heavy atom. The van der Waals surface area contributed by atoms with E-state index >= 15 is 0 Å². The second kappa shape index (κ2) is 3.37. The summed E-state index contributed by atoms with van der Waals surface area (Å²) in [6, 6.07) is 3.68. The van der Waals surface area contributed by atoms with Crippen LogP contribution in [0.2, 0.25) is 5.02 Å². The number of thiophene rings is 1. The van der Waals surface area contributed by atoms with Gasteiger partial charge in [0.15, 0.2) is 17.3 Å². The Morgan fingerprint density at radius 2 is 2.06 bits per heavy atom. The van der Waals surface area contributed by atoms with Crippen LogP contribution in [0.15, 0.2) is 12.1 Å². The SMILES string of the molecule is CC(=O)c1sc2cc3c(cc2c1Cl)OCO3. The fraction of sp³-hybridized carbons (Fsp3) is 0.182. The minimum absolute atomic E-state index is 0.0202. The molecular weight excluding hydrogens is 248 g/mol. The van der Waals surface area contributed by atoms with Gasteiger partial charge in [0.1, 0.15) is 0 Å². The number of benzene rings is 1. The summed E-state index contributed by atoms with van der Waals surface area (Å²) in [5.41, 5.74) is 0. The maximum atomic E-state index is 11.4. The Morgan fingerprint density at radius 3 is 2.75 bits per heavy atom. The second-order valence-corrected chi connectivity index (χ2v) is 4.93. The summed E-state index contributed by atoms with van der Waals surface area (Å²) in [5, 5.41) is 1.35. The summed E-state index contributed by atoms with van der Waals surface area (Å²) >= 11 is 7.53. The third kappa shape index (κ3) is 1.30. The van der Waals surface area contributed by atoms with E-state index in [0.717, 1.165) is 10.1 Å². The summed E-state index contributed by atoms with van der Waals surface area (Å²) in [5.74, 6) is 1.37. The van der Waals surface area contributed by atoms with E-state index in [1.165, 1.54) is 18.3 Å². The molecule has 1 aromatic carbocycles. The fourth-order valence-electron chi connectivity index (χ4n) is 1.68. The molecule has 0 radical (unpaired) electrons. The number of carbonyl (C=O) groups excluding carboxylic acids is 1. The van der Waals surface area contributed by atoms with Crippen molar-refractivity contribution >= 4 is 38.8 Å². The number of ether oxygens (including phenoxy) is 2. The highest BCUT2D eigenvalue weighted by atomic mass is 35.5.